The number of aliphatic hydroxyl groups is 1. The third-order valence-corrected chi connectivity index (χ3v) is 3.48. The SMILES string of the molecule is Cc1cc(F)ccc1-c1nc(NCCO)nc2c1C(=O)NCN2. The molecule has 7 nitrogen and oxygen atoms in total. The lowest BCUT2D eigenvalue weighted by atomic mass is 10.0. The summed E-state index contributed by atoms with van der Waals surface area (Å²) in [7, 11) is 0. The zero-order chi connectivity index (χ0) is 16.4. The number of amides is 1. The molecule has 0 saturated carbocycles. The molecule has 0 unspecified atom stereocenters. The summed E-state index contributed by atoms with van der Waals surface area (Å²) < 4.78 is 13.4. The van der Waals surface area contributed by atoms with Crippen molar-refractivity contribution in [2.45, 2.75) is 6.92 Å². The van der Waals surface area contributed by atoms with Crippen molar-refractivity contribution in [3.63, 3.8) is 0 Å². The molecule has 1 amide bonds. The number of aliphatic hydroxyl groups excluding tert-OH is 1. The van der Waals surface area contributed by atoms with Crippen molar-refractivity contribution < 1.29 is 14.3 Å². The molecule has 0 bridgehead atoms. The van der Waals surface area contributed by atoms with Gasteiger partial charge >= 0.3 is 0 Å². The van der Waals surface area contributed by atoms with Crippen LogP contribution in [0.3, 0.4) is 0 Å². The van der Waals surface area contributed by atoms with Crippen LogP contribution >= 0.6 is 0 Å². The predicted octanol–water partition coefficient (Wildman–Crippen LogP) is 1.11. The second-order valence-corrected chi connectivity index (χ2v) is 5.09. The van der Waals surface area contributed by atoms with Gasteiger partial charge in [-0.1, -0.05) is 0 Å². The number of anilines is 2. The molecule has 8 heteroatoms. The molecular weight excluding hydrogens is 301 g/mol. The zero-order valence-electron chi connectivity index (χ0n) is 12.5. The number of hydrogen-bond donors (Lipinski definition) is 4. The zero-order valence-corrected chi connectivity index (χ0v) is 12.5. The molecule has 0 aliphatic carbocycles. The van der Waals surface area contributed by atoms with Crippen molar-refractivity contribution in [3.8, 4) is 11.3 Å². The molecule has 23 heavy (non-hydrogen) atoms. The normalized spacial score (nSPS) is 13.1. The number of aryl methyl sites for hydroxylation is 1. The summed E-state index contributed by atoms with van der Waals surface area (Å²) in [5.41, 5.74) is 2.05. The standard InChI is InChI=1S/C15H16FN5O2/c1-8-6-9(16)2-3-10(8)12-11-13(18-7-19-14(11)23)21-15(20-12)17-4-5-22/h2-3,6,22H,4-5,7H2,1H3,(H,19,23)(H2,17,18,20,21). The Labute approximate surface area is 132 Å². The second-order valence-electron chi connectivity index (χ2n) is 5.09. The van der Waals surface area contributed by atoms with Crippen molar-refractivity contribution in [2.75, 3.05) is 30.5 Å². The Bertz CT molecular complexity index is 766. The summed E-state index contributed by atoms with van der Waals surface area (Å²) in [6, 6.07) is 4.30. The van der Waals surface area contributed by atoms with Gasteiger partial charge in [0.25, 0.3) is 5.91 Å². The molecule has 1 aliphatic rings. The Kier molecular flexibility index (Phi) is 4.07. The molecule has 0 fully saturated rings. The number of rotatable bonds is 4. The fourth-order valence-corrected chi connectivity index (χ4v) is 2.43. The highest BCUT2D eigenvalue weighted by Crippen LogP contribution is 2.31. The lowest BCUT2D eigenvalue weighted by molar-refractivity contribution is 0.0952. The number of benzene rings is 1. The minimum Gasteiger partial charge on any atom is -0.395 e. The van der Waals surface area contributed by atoms with E-state index in [9.17, 15) is 9.18 Å². The molecule has 3 rings (SSSR count). The van der Waals surface area contributed by atoms with Crippen LogP contribution in [0.15, 0.2) is 18.2 Å². The molecule has 2 aromatic rings. The molecule has 1 aromatic heterocycles. The number of halogens is 1. The number of aromatic nitrogens is 2. The van der Waals surface area contributed by atoms with E-state index in [4.69, 9.17) is 5.11 Å². The minimum atomic E-state index is -0.352. The van der Waals surface area contributed by atoms with E-state index in [1.165, 1.54) is 12.1 Å². The van der Waals surface area contributed by atoms with Gasteiger partial charge in [-0.2, -0.15) is 4.98 Å². The summed E-state index contributed by atoms with van der Waals surface area (Å²) in [5.74, 6) is 0.0585. The molecule has 0 spiro atoms. The molecular formula is C15H16FN5O2. The summed E-state index contributed by atoms with van der Waals surface area (Å²) in [6.45, 7) is 2.23. The third kappa shape index (κ3) is 2.93. The maximum atomic E-state index is 13.4. The molecule has 0 radical (unpaired) electrons. The highest BCUT2D eigenvalue weighted by Gasteiger charge is 2.25. The minimum absolute atomic E-state index is 0.0702. The Balaban J connectivity index is 2.18. The van der Waals surface area contributed by atoms with E-state index in [-0.39, 0.29) is 31.5 Å². The van der Waals surface area contributed by atoms with E-state index < -0.39 is 0 Å². The Morgan fingerprint density at radius 3 is 2.91 bits per heavy atom. The highest BCUT2D eigenvalue weighted by molar-refractivity contribution is 6.06. The van der Waals surface area contributed by atoms with Gasteiger partial charge in [0.2, 0.25) is 5.95 Å². The van der Waals surface area contributed by atoms with E-state index >= 15 is 0 Å². The smallest absolute Gasteiger partial charge is 0.258 e. The van der Waals surface area contributed by atoms with Crippen LogP contribution in [0.4, 0.5) is 16.2 Å². The lowest BCUT2D eigenvalue weighted by Crippen LogP contribution is -2.36. The van der Waals surface area contributed by atoms with Gasteiger partial charge in [-0.3, -0.25) is 4.79 Å². The van der Waals surface area contributed by atoms with Crippen LogP contribution in [-0.2, 0) is 0 Å². The number of nitrogens with one attached hydrogen (secondary N) is 3. The van der Waals surface area contributed by atoms with E-state index in [0.29, 0.717) is 34.2 Å². The van der Waals surface area contributed by atoms with Crippen LogP contribution in [0.1, 0.15) is 15.9 Å². The number of nitrogens with zero attached hydrogens (tertiary/aromatic N) is 2. The molecule has 120 valence electrons. The van der Waals surface area contributed by atoms with Crippen LogP contribution in [0, 0.1) is 12.7 Å². The van der Waals surface area contributed by atoms with Gasteiger partial charge in [0, 0.05) is 12.1 Å². The van der Waals surface area contributed by atoms with Crippen LogP contribution in [-0.4, -0.2) is 40.8 Å². The van der Waals surface area contributed by atoms with E-state index in [0.717, 1.165) is 0 Å². The molecule has 2 heterocycles. The average molecular weight is 317 g/mol. The Hall–Kier alpha value is -2.74. The fraction of sp³-hybridized carbons (Fsp3) is 0.267. The monoisotopic (exact) mass is 317 g/mol. The summed E-state index contributed by atoms with van der Waals surface area (Å²) in [4.78, 5) is 20.9. The average Bonchev–Trinajstić information content (AvgIpc) is 2.52. The Morgan fingerprint density at radius 1 is 1.35 bits per heavy atom. The molecule has 4 N–H and O–H groups in total. The first-order valence-corrected chi connectivity index (χ1v) is 7.15. The first kappa shape index (κ1) is 15.2. The number of carbonyl (C=O) groups is 1. The van der Waals surface area contributed by atoms with Crippen molar-refractivity contribution in [2.24, 2.45) is 0 Å². The maximum Gasteiger partial charge on any atom is 0.258 e. The first-order chi connectivity index (χ1) is 11.1. The lowest BCUT2D eigenvalue weighted by Gasteiger charge is -2.21. The predicted molar refractivity (Wildman–Crippen MR) is 83.7 cm³/mol. The van der Waals surface area contributed by atoms with Gasteiger partial charge in [-0.15, -0.1) is 0 Å². The van der Waals surface area contributed by atoms with Crippen LogP contribution in [0.25, 0.3) is 11.3 Å². The quantitative estimate of drug-likeness (QED) is 0.674. The molecule has 0 atom stereocenters. The van der Waals surface area contributed by atoms with E-state index in [2.05, 4.69) is 25.9 Å². The topological polar surface area (TPSA) is 99.2 Å². The van der Waals surface area contributed by atoms with Crippen LogP contribution in [0.2, 0.25) is 0 Å². The fourth-order valence-electron chi connectivity index (χ4n) is 2.43. The Morgan fingerprint density at radius 2 is 2.17 bits per heavy atom. The summed E-state index contributed by atoms with van der Waals surface area (Å²) >= 11 is 0. The van der Waals surface area contributed by atoms with E-state index in [1.807, 2.05) is 0 Å². The van der Waals surface area contributed by atoms with Crippen molar-refractivity contribution in [1.82, 2.24) is 15.3 Å². The van der Waals surface area contributed by atoms with Crippen molar-refractivity contribution in [3.05, 3.63) is 35.1 Å². The van der Waals surface area contributed by atoms with Gasteiger partial charge < -0.3 is 21.1 Å². The number of hydrogen-bond acceptors (Lipinski definition) is 6. The van der Waals surface area contributed by atoms with Gasteiger partial charge in [0.05, 0.1) is 19.0 Å². The van der Waals surface area contributed by atoms with Crippen LogP contribution < -0.4 is 16.0 Å². The molecule has 1 aromatic carbocycles. The third-order valence-electron chi connectivity index (χ3n) is 3.48. The first-order valence-electron chi connectivity index (χ1n) is 7.15. The van der Waals surface area contributed by atoms with Gasteiger partial charge in [-0.05, 0) is 30.7 Å². The highest BCUT2D eigenvalue weighted by atomic mass is 19.1. The summed E-state index contributed by atoms with van der Waals surface area (Å²) in [5, 5.41) is 17.5. The number of carbonyl (C=O) groups excluding carboxylic acids is 1. The second kappa shape index (κ2) is 6.17. The number of fused-ring (bicyclic) bond motifs is 1. The van der Waals surface area contributed by atoms with Gasteiger partial charge in [-0.25, -0.2) is 9.37 Å². The van der Waals surface area contributed by atoms with Gasteiger partial charge in [0.1, 0.15) is 17.2 Å². The molecule has 1 aliphatic heterocycles. The summed E-state index contributed by atoms with van der Waals surface area (Å²) in [6.07, 6.45) is 0. The van der Waals surface area contributed by atoms with Crippen molar-refractivity contribution >= 4 is 17.7 Å². The largest absolute Gasteiger partial charge is 0.395 e. The van der Waals surface area contributed by atoms with Crippen molar-refractivity contribution in [1.29, 1.82) is 0 Å². The van der Waals surface area contributed by atoms with Gasteiger partial charge in [0.15, 0.2) is 0 Å². The van der Waals surface area contributed by atoms with E-state index in [1.54, 1.807) is 13.0 Å². The molecule has 0 saturated heterocycles. The maximum absolute atomic E-state index is 13.4. The van der Waals surface area contributed by atoms with Crippen LogP contribution in [0.5, 0.6) is 0 Å².